The molecule has 2 aliphatic rings. The van der Waals surface area contributed by atoms with E-state index in [1.54, 1.807) is 13.8 Å². The van der Waals surface area contributed by atoms with Crippen LogP contribution in [0.1, 0.15) is 46.0 Å². The maximum atomic E-state index is 14.0. The van der Waals surface area contributed by atoms with E-state index in [0.29, 0.717) is 39.0 Å². The van der Waals surface area contributed by atoms with Crippen molar-refractivity contribution >= 4 is 29.4 Å². The second-order valence-electron chi connectivity index (χ2n) is 10.6. The van der Waals surface area contributed by atoms with Crippen LogP contribution < -0.4 is 26.0 Å². The Kier molecular flexibility index (Phi) is 11.6. The van der Waals surface area contributed by atoms with Crippen LogP contribution in [-0.4, -0.2) is 73.9 Å². The van der Waals surface area contributed by atoms with E-state index < -0.39 is 77.1 Å². The van der Waals surface area contributed by atoms with Gasteiger partial charge in [0.25, 0.3) is 0 Å². The number of nitrogens with one attached hydrogen (secondary N) is 4. The Labute approximate surface area is 239 Å². The second-order valence-corrected chi connectivity index (χ2v) is 10.6. The molecule has 1 aromatic rings. The SMILES string of the molecule is CC(C)C[C@H](NC(=O)C(=O)NC1CCOCC1)C(=O)N[C@@H](C[C@@H]1CCNC1=O)C(=O)COc1c(F)c(F)cc(F)c1F. The van der Waals surface area contributed by atoms with Crippen molar-refractivity contribution in [1.82, 2.24) is 21.3 Å². The molecule has 15 heteroatoms. The monoisotopic (exact) mass is 602 g/mol. The van der Waals surface area contributed by atoms with Crippen LogP contribution in [0.4, 0.5) is 17.6 Å². The first-order chi connectivity index (χ1) is 19.9. The van der Waals surface area contributed by atoms with Crippen molar-refractivity contribution in [3.05, 3.63) is 29.3 Å². The summed E-state index contributed by atoms with van der Waals surface area (Å²) in [6.45, 7) is 3.59. The zero-order chi connectivity index (χ0) is 31.0. The Morgan fingerprint density at radius 2 is 1.62 bits per heavy atom. The maximum absolute atomic E-state index is 14.0. The molecule has 2 aliphatic heterocycles. The minimum Gasteiger partial charge on any atom is -0.479 e. The lowest BCUT2D eigenvalue weighted by Crippen LogP contribution is -2.56. The first-order valence-corrected chi connectivity index (χ1v) is 13.6. The Morgan fingerprint density at radius 1 is 0.976 bits per heavy atom. The molecule has 2 fully saturated rings. The molecule has 0 saturated carbocycles. The van der Waals surface area contributed by atoms with Gasteiger partial charge in [0.1, 0.15) is 12.6 Å². The summed E-state index contributed by atoms with van der Waals surface area (Å²) in [5, 5.41) is 9.98. The van der Waals surface area contributed by atoms with Crippen LogP contribution >= 0.6 is 0 Å². The highest BCUT2D eigenvalue weighted by molar-refractivity contribution is 6.35. The number of carbonyl (C=O) groups excluding carboxylic acids is 5. The number of ketones is 1. The lowest BCUT2D eigenvalue weighted by atomic mass is 9.95. The molecular formula is C27H34F4N4O7. The smallest absolute Gasteiger partial charge is 0.309 e. The van der Waals surface area contributed by atoms with Gasteiger partial charge in [0, 0.05) is 37.8 Å². The molecule has 0 aliphatic carbocycles. The van der Waals surface area contributed by atoms with Gasteiger partial charge in [-0.2, -0.15) is 8.78 Å². The summed E-state index contributed by atoms with van der Waals surface area (Å²) in [6, 6.07) is -3.00. The van der Waals surface area contributed by atoms with Gasteiger partial charge in [0.2, 0.25) is 23.4 Å². The standard InChI is InChI=1S/C27H34F4N4O7/c1-13(2)9-19(35-27(40)26(39)33-15-4-7-41-8-5-15)25(38)34-18(10-14-3-6-32-24(14)37)20(36)12-42-23-21(30)16(28)11-17(29)22(23)31/h11,13-15,18-19H,3-10,12H2,1-2H3,(H,32,37)(H,33,39)(H,34,38)(H,35,40)/t14-,18-,19-/m0/s1. The minimum atomic E-state index is -1.85. The fourth-order valence-electron chi connectivity index (χ4n) is 4.64. The highest BCUT2D eigenvalue weighted by atomic mass is 19.2. The summed E-state index contributed by atoms with van der Waals surface area (Å²) in [6.07, 6.45) is 1.21. The number of halogens is 4. The summed E-state index contributed by atoms with van der Waals surface area (Å²) < 4.78 is 65.2. The second kappa shape index (κ2) is 14.9. The zero-order valence-electron chi connectivity index (χ0n) is 23.2. The van der Waals surface area contributed by atoms with Crippen molar-refractivity contribution in [2.45, 2.75) is 64.1 Å². The molecule has 4 amide bonds. The van der Waals surface area contributed by atoms with E-state index in [1.165, 1.54) is 0 Å². The van der Waals surface area contributed by atoms with Crippen LogP contribution in [0.25, 0.3) is 0 Å². The number of amides is 4. The molecule has 42 heavy (non-hydrogen) atoms. The van der Waals surface area contributed by atoms with Gasteiger partial charge in [-0.05, 0) is 38.0 Å². The molecule has 3 atom stereocenters. The molecule has 0 unspecified atom stereocenters. The predicted molar refractivity (Wildman–Crippen MR) is 138 cm³/mol. The summed E-state index contributed by atoms with van der Waals surface area (Å²) in [7, 11) is 0. The van der Waals surface area contributed by atoms with Gasteiger partial charge in [0.15, 0.2) is 23.2 Å². The lowest BCUT2D eigenvalue weighted by Gasteiger charge is -2.26. The maximum Gasteiger partial charge on any atom is 0.309 e. The van der Waals surface area contributed by atoms with Crippen LogP contribution in [0, 0.1) is 35.1 Å². The van der Waals surface area contributed by atoms with Gasteiger partial charge in [0.05, 0.1) is 6.04 Å². The van der Waals surface area contributed by atoms with Gasteiger partial charge in [-0.1, -0.05) is 13.8 Å². The topological polar surface area (TPSA) is 152 Å². The van der Waals surface area contributed by atoms with Crippen LogP contribution in [0.2, 0.25) is 0 Å². The summed E-state index contributed by atoms with van der Waals surface area (Å²) in [4.78, 5) is 63.6. The highest BCUT2D eigenvalue weighted by Gasteiger charge is 2.34. The summed E-state index contributed by atoms with van der Waals surface area (Å²) in [5.74, 6) is -13.7. The molecule has 2 saturated heterocycles. The van der Waals surface area contributed by atoms with E-state index in [0.717, 1.165) is 0 Å². The minimum absolute atomic E-state index is 0.0198. The number of rotatable bonds is 12. The normalized spacial score (nSPS) is 18.6. The molecule has 1 aromatic carbocycles. The number of ether oxygens (including phenoxy) is 2. The van der Waals surface area contributed by atoms with Crippen LogP contribution in [0.3, 0.4) is 0 Å². The molecule has 0 spiro atoms. The zero-order valence-corrected chi connectivity index (χ0v) is 23.2. The summed E-state index contributed by atoms with van der Waals surface area (Å²) in [5.41, 5.74) is 0. The fraction of sp³-hybridized carbons (Fsp3) is 0.593. The molecular weight excluding hydrogens is 568 g/mol. The molecule has 4 N–H and O–H groups in total. The number of carbonyl (C=O) groups is 5. The largest absolute Gasteiger partial charge is 0.479 e. The van der Waals surface area contributed by atoms with Gasteiger partial charge in [-0.15, -0.1) is 0 Å². The molecule has 0 bridgehead atoms. The average molecular weight is 603 g/mol. The van der Waals surface area contributed by atoms with Crippen molar-refractivity contribution in [1.29, 1.82) is 0 Å². The van der Waals surface area contributed by atoms with Crippen molar-refractivity contribution in [3.63, 3.8) is 0 Å². The van der Waals surface area contributed by atoms with Gasteiger partial charge >= 0.3 is 11.8 Å². The Morgan fingerprint density at radius 3 is 2.19 bits per heavy atom. The van der Waals surface area contributed by atoms with E-state index >= 15 is 0 Å². The quantitative estimate of drug-likeness (QED) is 0.159. The molecule has 232 valence electrons. The van der Waals surface area contributed by atoms with Crippen molar-refractivity contribution in [2.24, 2.45) is 11.8 Å². The number of Topliss-reactive ketones (excluding diaryl/α,β-unsaturated/α-hetero) is 1. The van der Waals surface area contributed by atoms with Crippen molar-refractivity contribution in [3.8, 4) is 5.75 Å². The predicted octanol–water partition coefficient (Wildman–Crippen LogP) is 1.03. The van der Waals surface area contributed by atoms with Crippen LogP contribution in [0.15, 0.2) is 6.07 Å². The first-order valence-electron chi connectivity index (χ1n) is 13.6. The molecule has 3 rings (SSSR count). The number of hydrogen-bond acceptors (Lipinski definition) is 7. The Hall–Kier alpha value is -3.75. The van der Waals surface area contributed by atoms with Gasteiger partial charge in [-0.3, -0.25) is 24.0 Å². The van der Waals surface area contributed by atoms with E-state index in [4.69, 9.17) is 9.47 Å². The first kappa shape index (κ1) is 32.8. The number of hydrogen-bond donors (Lipinski definition) is 4. The Balaban J connectivity index is 1.73. The van der Waals surface area contributed by atoms with E-state index in [2.05, 4.69) is 21.3 Å². The summed E-state index contributed by atoms with van der Waals surface area (Å²) >= 11 is 0. The van der Waals surface area contributed by atoms with Crippen molar-refractivity contribution in [2.75, 3.05) is 26.4 Å². The lowest BCUT2D eigenvalue weighted by molar-refractivity contribution is -0.141. The van der Waals surface area contributed by atoms with E-state index in [-0.39, 0.29) is 36.8 Å². The number of benzene rings is 1. The third-order valence-electron chi connectivity index (χ3n) is 6.91. The average Bonchev–Trinajstić information content (AvgIpc) is 3.35. The molecule has 0 aromatic heterocycles. The highest BCUT2D eigenvalue weighted by Crippen LogP contribution is 2.27. The van der Waals surface area contributed by atoms with Gasteiger partial charge < -0.3 is 30.7 Å². The van der Waals surface area contributed by atoms with E-state index in [9.17, 15) is 41.5 Å². The van der Waals surface area contributed by atoms with Crippen LogP contribution in [0.5, 0.6) is 5.75 Å². The third kappa shape index (κ3) is 8.87. The van der Waals surface area contributed by atoms with Crippen LogP contribution in [-0.2, 0) is 28.7 Å². The molecule has 11 nitrogen and oxygen atoms in total. The fourth-order valence-corrected chi connectivity index (χ4v) is 4.64. The van der Waals surface area contributed by atoms with Gasteiger partial charge in [-0.25, -0.2) is 8.78 Å². The third-order valence-corrected chi connectivity index (χ3v) is 6.91. The van der Waals surface area contributed by atoms with E-state index in [1.807, 2.05) is 0 Å². The molecule has 0 radical (unpaired) electrons. The Bertz CT molecular complexity index is 1170. The molecule has 2 heterocycles. The van der Waals surface area contributed by atoms with Crippen molar-refractivity contribution < 1.29 is 51.0 Å².